The average molecular weight is 404 g/mol. The number of fused-ring (bicyclic) bond motifs is 5. The fourth-order valence-corrected chi connectivity index (χ4v) is 4.69. The number of carbonyl (C=O) groups excluding carboxylic acids is 1. The van der Waals surface area contributed by atoms with Gasteiger partial charge in [-0.25, -0.2) is 14.4 Å². The molecule has 4 aromatic rings. The number of carbonyl (C=O) groups is 1. The third kappa shape index (κ3) is 2.94. The minimum Gasteiger partial charge on any atom is -0.381 e. The van der Waals surface area contributed by atoms with Crippen LogP contribution in [0.4, 0.5) is 10.1 Å². The first-order valence-corrected chi connectivity index (χ1v) is 10.1. The highest BCUT2D eigenvalue weighted by Gasteiger charge is 2.24. The van der Waals surface area contributed by atoms with Crippen LogP contribution in [-0.2, 0) is 0 Å². The summed E-state index contributed by atoms with van der Waals surface area (Å²) in [5.74, 6) is -0.627. The lowest BCUT2D eigenvalue weighted by Crippen LogP contribution is -2.34. The Morgan fingerprint density at radius 3 is 2.83 bits per heavy atom. The molecule has 5 nitrogen and oxygen atoms in total. The zero-order chi connectivity index (χ0) is 20.1. The molecule has 1 amide bonds. The Morgan fingerprint density at radius 1 is 1.17 bits per heavy atom. The maximum atomic E-state index is 13.5. The number of nitrogens with zero attached hydrogens (tertiary/aromatic N) is 2. The Labute approximate surface area is 170 Å². The van der Waals surface area contributed by atoms with Gasteiger partial charge in [-0.1, -0.05) is 12.6 Å². The number of hydrogen-bond donors (Lipinski definition) is 2. The minimum atomic E-state index is -0.575. The van der Waals surface area contributed by atoms with Crippen molar-refractivity contribution in [3.8, 4) is 11.4 Å². The lowest BCUT2D eigenvalue weighted by Gasteiger charge is -2.10. The molecular formula is C22H17FN4OS. The largest absolute Gasteiger partial charge is 0.381 e. The summed E-state index contributed by atoms with van der Waals surface area (Å²) in [5.41, 5.74) is 3.09. The molecule has 0 unspecified atom stereocenters. The van der Waals surface area contributed by atoms with Gasteiger partial charge in [0.15, 0.2) is 0 Å². The molecule has 4 heterocycles. The number of aromatic nitrogens is 2. The first-order valence-electron chi connectivity index (χ1n) is 9.24. The van der Waals surface area contributed by atoms with E-state index in [4.69, 9.17) is 4.98 Å². The fraction of sp³-hybridized carbons (Fsp3) is 0.136. The van der Waals surface area contributed by atoms with Gasteiger partial charge in [0.25, 0.3) is 5.91 Å². The number of nitrogens with one attached hydrogen (secondary N) is 2. The molecule has 2 N–H and O–H groups in total. The van der Waals surface area contributed by atoms with E-state index in [1.165, 1.54) is 11.3 Å². The third-order valence-electron chi connectivity index (χ3n) is 4.98. The van der Waals surface area contributed by atoms with Gasteiger partial charge in [-0.15, -0.1) is 11.3 Å². The third-order valence-corrected chi connectivity index (χ3v) is 6.13. The molecule has 1 aliphatic heterocycles. The molecule has 0 aliphatic carbocycles. The Kier molecular flexibility index (Phi) is 4.06. The molecule has 0 saturated heterocycles. The van der Waals surface area contributed by atoms with Crippen LogP contribution < -0.4 is 10.6 Å². The van der Waals surface area contributed by atoms with E-state index >= 15 is 0 Å². The van der Waals surface area contributed by atoms with E-state index in [2.05, 4.69) is 22.2 Å². The predicted molar refractivity (Wildman–Crippen MR) is 116 cm³/mol. The molecule has 0 saturated carbocycles. The molecule has 29 heavy (non-hydrogen) atoms. The molecular weight excluding hydrogens is 387 g/mol. The topological polar surface area (TPSA) is 66.9 Å². The van der Waals surface area contributed by atoms with Gasteiger partial charge in [0.2, 0.25) is 0 Å². The molecule has 1 aliphatic rings. The molecule has 5 rings (SSSR count). The maximum Gasteiger partial charge on any atom is 0.263 e. The van der Waals surface area contributed by atoms with Gasteiger partial charge in [0.1, 0.15) is 10.7 Å². The predicted octanol–water partition coefficient (Wildman–Crippen LogP) is 5.00. The molecule has 7 heteroatoms. The number of halogens is 1. The molecule has 0 fully saturated rings. The first-order chi connectivity index (χ1) is 14.0. The van der Waals surface area contributed by atoms with E-state index in [0.29, 0.717) is 22.8 Å². The van der Waals surface area contributed by atoms with Crippen molar-refractivity contribution in [2.75, 3.05) is 11.9 Å². The van der Waals surface area contributed by atoms with E-state index in [9.17, 15) is 9.18 Å². The van der Waals surface area contributed by atoms with E-state index in [-0.39, 0.29) is 17.6 Å². The van der Waals surface area contributed by atoms with Crippen LogP contribution in [0.2, 0.25) is 0 Å². The van der Waals surface area contributed by atoms with Gasteiger partial charge >= 0.3 is 0 Å². The number of amides is 1. The summed E-state index contributed by atoms with van der Waals surface area (Å²) in [6.07, 6.45) is 0. The van der Waals surface area contributed by atoms with Crippen LogP contribution in [0, 0.1) is 0 Å². The smallest absolute Gasteiger partial charge is 0.263 e. The molecule has 144 valence electrons. The molecule has 1 atom stereocenters. The monoisotopic (exact) mass is 404 g/mol. The molecule has 1 aromatic carbocycles. The zero-order valence-electron chi connectivity index (χ0n) is 15.6. The van der Waals surface area contributed by atoms with Gasteiger partial charge in [0, 0.05) is 28.1 Å². The van der Waals surface area contributed by atoms with E-state index in [0.717, 1.165) is 26.7 Å². The van der Waals surface area contributed by atoms with Crippen LogP contribution in [0.15, 0.2) is 49.0 Å². The van der Waals surface area contributed by atoms with Crippen LogP contribution in [0.1, 0.15) is 22.3 Å². The summed E-state index contributed by atoms with van der Waals surface area (Å²) >= 11 is 1.48. The van der Waals surface area contributed by atoms with E-state index in [1.54, 1.807) is 18.2 Å². The highest BCUT2D eigenvalue weighted by molar-refractivity contribution is 7.21. The van der Waals surface area contributed by atoms with E-state index < -0.39 is 5.83 Å². The Hall–Kier alpha value is -3.32. The van der Waals surface area contributed by atoms with Crippen LogP contribution in [0.5, 0.6) is 0 Å². The van der Waals surface area contributed by atoms with Crippen molar-refractivity contribution in [2.24, 2.45) is 0 Å². The highest BCUT2D eigenvalue weighted by Crippen LogP contribution is 2.41. The minimum absolute atomic E-state index is 0.0519. The Morgan fingerprint density at radius 2 is 2.00 bits per heavy atom. The summed E-state index contributed by atoms with van der Waals surface area (Å²) in [6, 6.07) is 12.9. The molecule has 0 radical (unpaired) electrons. The first kappa shape index (κ1) is 17.8. The van der Waals surface area contributed by atoms with Gasteiger partial charge in [-0.2, -0.15) is 0 Å². The molecule has 0 spiro atoms. The van der Waals surface area contributed by atoms with Gasteiger partial charge in [-0.3, -0.25) is 4.79 Å². The second kappa shape index (κ2) is 6.63. The highest BCUT2D eigenvalue weighted by atomic mass is 32.1. The molecule has 3 aromatic heterocycles. The van der Waals surface area contributed by atoms with Crippen LogP contribution in [0.3, 0.4) is 0 Å². The van der Waals surface area contributed by atoms with Gasteiger partial charge < -0.3 is 10.6 Å². The van der Waals surface area contributed by atoms with Crippen molar-refractivity contribution in [3.05, 3.63) is 59.6 Å². The number of anilines is 1. The Balaban J connectivity index is 1.69. The lowest BCUT2D eigenvalue weighted by atomic mass is 10.1. The van der Waals surface area contributed by atoms with Crippen molar-refractivity contribution in [3.63, 3.8) is 0 Å². The summed E-state index contributed by atoms with van der Waals surface area (Å²) in [6.45, 7) is 5.95. The number of hydrogen-bond acceptors (Lipinski definition) is 5. The fourth-order valence-electron chi connectivity index (χ4n) is 3.60. The zero-order valence-corrected chi connectivity index (χ0v) is 16.4. The normalized spacial score (nSPS) is 16.2. The second-order valence-electron chi connectivity index (χ2n) is 7.08. The van der Waals surface area contributed by atoms with Crippen molar-refractivity contribution in [2.45, 2.75) is 13.0 Å². The van der Waals surface area contributed by atoms with Crippen molar-refractivity contribution in [1.29, 1.82) is 0 Å². The average Bonchev–Trinajstić information content (AvgIpc) is 3.04. The van der Waals surface area contributed by atoms with Crippen LogP contribution in [0.25, 0.3) is 38.2 Å². The van der Waals surface area contributed by atoms with Crippen molar-refractivity contribution < 1.29 is 9.18 Å². The standard InChI is InChI=1S/C22H17FN4OS/c1-11-10-24-20-19-13-6-7-17(16-5-3-4-14(26-16)12(2)23)27-15(13)8-9-18(19)29-21(20)22(28)25-11/h3-9,11,24H,2,10H2,1H3,(H,25,28)/t11-/m1/s1. The second-order valence-corrected chi connectivity index (χ2v) is 8.13. The summed E-state index contributed by atoms with van der Waals surface area (Å²) in [4.78, 5) is 22.3. The van der Waals surface area contributed by atoms with Gasteiger partial charge in [-0.05, 0) is 43.3 Å². The SMILES string of the molecule is C=C(F)c1cccc(-c2ccc3c(ccc4sc5c(c43)NC[C@@H](C)NC5=O)n2)n1. The van der Waals surface area contributed by atoms with Crippen LogP contribution in [-0.4, -0.2) is 28.5 Å². The van der Waals surface area contributed by atoms with Crippen molar-refractivity contribution in [1.82, 2.24) is 15.3 Å². The quantitative estimate of drug-likeness (QED) is 0.494. The molecule has 0 bridgehead atoms. The maximum absolute atomic E-state index is 13.5. The number of pyridine rings is 2. The number of benzene rings is 1. The van der Waals surface area contributed by atoms with Crippen LogP contribution >= 0.6 is 11.3 Å². The summed E-state index contributed by atoms with van der Waals surface area (Å²) < 4.78 is 14.5. The summed E-state index contributed by atoms with van der Waals surface area (Å²) in [7, 11) is 0. The van der Waals surface area contributed by atoms with Crippen molar-refractivity contribution >= 4 is 49.7 Å². The van der Waals surface area contributed by atoms with E-state index in [1.807, 2.05) is 31.2 Å². The Bertz CT molecular complexity index is 1310. The lowest BCUT2D eigenvalue weighted by molar-refractivity contribution is 0.0949. The number of rotatable bonds is 2. The van der Waals surface area contributed by atoms with Gasteiger partial charge in [0.05, 0.1) is 28.3 Å². The number of thiophene rings is 1. The summed E-state index contributed by atoms with van der Waals surface area (Å²) in [5, 5.41) is 8.39.